The lowest BCUT2D eigenvalue weighted by atomic mass is 9.95. The highest BCUT2D eigenvalue weighted by Crippen LogP contribution is 2.32. The Morgan fingerprint density at radius 1 is 1.28 bits per heavy atom. The molecule has 2 atom stereocenters. The number of alkyl halides is 3. The topological polar surface area (TPSA) is 52.7 Å². The molecule has 1 N–H and O–H groups in total. The summed E-state index contributed by atoms with van der Waals surface area (Å²) in [7, 11) is 1.71. The third kappa shape index (κ3) is 5.46. The number of likely N-dealkylation sites (tertiary alicyclic amines) is 1. The van der Waals surface area contributed by atoms with Gasteiger partial charge in [-0.3, -0.25) is 4.79 Å². The highest BCUT2D eigenvalue weighted by atomic mass is 35.5. The van der Waals surface area contributed by atoms with Crippen molar-refractivity contribution in [2.24, 2.45) is 5.92 Å². The van der Waals surface area contributed by atoms with E-state index in [2.05, 4.69) is 5.32 Å². The first-order valence-electron chi connectivity index (χ1n) is 10.5. The van der Waals surface area contributed by atoms with Crippen molar-refractivity contribution in [2.75, 3.05) is 25.5 Å². The van der Waals surface area contributed by atoms with Crippen LogP contribution in [0.4, 0.5) is 23.7 Å². The van der Waals surface area contributed by atoms with Gasteiger partial charge in [-0.2, -0.15) is 13.2 Å². The standard InChI is InChI=1S/C23H27ClF3N3O2/c1-14-11-16(6-8-18(14)24)13-29(3)21(31)20-5-4-10-30(20)22(32)28-19-9-7-17(12-15(19)2)23(25,26)27/h6-9,12,14,20H,4-5,10-11,13H2,1-3H3,(H,28,32)/t14?,20-/m1/s1. The Morgan fingerprint density at radius 3 is 2.62 bits per heavy atom. The molecule has 0 bridgehead atoms. The first kappa shape index (κ1) is 24.2. The number of nitrogens with one attached hydrogen (secondary N) is 1. The monoisotopic (exact) mass is 469 g/mol. The van der Waals surface area contributed by atoms with Crippen molar-refractivity contribution in [2.45, 2.75) is 45.3 Å². The van der Waals surface area contributed by atoms with Crippen molar-refractivity contribution in [3.8, 4) is 0 Å². The largest absolute Gasteiger partial charge is 0.416 e. The third-order valence-electron chi connectivity index (χ3n) is 5.93. The third-order valence-corrected chi connectivity index (χ3v) is 6.43. The van der Waals surface area contributed by atoms with Gasteiger partial charge in [-0.05, 0) is 61.9 Å². The molecule has 1 aromatic carbocycles. The van der Waals surface area contributed by atoms with E-state index in [0.29, 0.717) is 37.2 Å². The van der Waals surface area contributed by atoms with Gasteiger partial charge in [0.15, 0.2) is 0 Å². The van der Waals surface area contributed by atoms with E-state index in [1.54, 1.807) is 11.9 Å². The van der Waals surface area contributed by atoms with Gasteiger partial charge in [-0.1, -0.05) is 30.2 Å². The van der Waals surface area contributed by atoms with Crippen molar-refractivity contribution in [1.29, 1.82) is 0 Å². The maximum atomic E-state index is 13.1. The smallest absolute Gasteiger partial charge is 0.340 e. The molecule has 1 heterocycles. The fraction of sp³-hybridized carbons (Fsp3) is 0.478. The molecule has 1 aliphatic carbocycles. The van der Waals surface area contributed by atoms with Gasteiger partial charge >= 0.3 is 12.2 Å². The normalized spacial score (nSPS) is 21.2. The number of hydrogen-bond acceptors (Lipinski definition) is 2. The van der Waals surface area contributed by atoms with Crippen molar-refractivity contribution >= 4 is 29.2 Å². The van der Waals surface area contributed by atoms with Crippen molar-refractivity contribution in [3.63, 3.8) is 0 Å². The summed E-state index contributed by atoms with van der Waals surface area (Å²) in [6, 6.07) is 2.08. The number of nitrogens with zero attached hydrogens (tertiary/aromatic N) is 2. The maximum absolute atomic E-state index is 13.1. The molecule has 3 amide bonds. The SMILES string of the molecule is Cc1cc(C(F)(F)F)ccc1NC(=O)N1CCC[C@@H]1C(=O)N(C)CC1=CC=C(Cl)C(C)C1. The average molecular weight is 470 g/mol. The molecule has 0 radical (unpaired) electrons. The van der Waals surface area contributed by atoms with Crippen LogP contribution in [0.3, 0.4) is 0 Å². The molecule has 1 saturated heterocycles. The lowest BCUT2D eigenvalue weighted by molar-refractivity contribution is -0.137. The summed E-state index contributed by atoms with van der Waals surface area (Å²) in [5.41, 5.74) is 0.912. The summed E-state index contributed by atoms with van der Waals surface area (Å²) in [6.07, 6.45) is 1.33. The first-order chi connectivity index (χ1) is 15.0. The van der Waals surface area contributed by atoms with Gasteiger partial charge in [0, 0.05) is 30.9 Å². The van der Waals surface area contributed by atoms with E-state index in [1.807, 2.05) is 19.1 Å². The van der Waals surface area contributed by atoms with E-state index in [9.17, 15) is 22.8 Å². The number of amides is 3. The van der Waals surface area contributed by atoms with Crippen LogP contribution in [0.2, 0.25) is 0 Å². The minimum atomic E-state index is -4.45. The maximum Gasteiger partial charge on any atom is 0.416 e. The van der Waals surface area contributed by atoms with Crippen LogP contribution in [0.25, 0.3) is 0 Å². The minimum absolute atomic E-state index is 0.156. The predicted octanol–water partition coefficient (Wildman–Crippen LogP) is 5.56. The number of hydrogen-bond donors (Lipinski definition) is 1. The number of benzene rings is 1. The lowest BCUT2D eigenvalue weighted by Crippen LogP contribution is -2.48. The summed E-state index contributed by atoms with van der Waals surface area (Å²) in [5, 5.41) is 3.45. The zero-order valence-corrected chi connectivity index (χ0v) is 19.1. The first-order valence-corrected chi connectivity index (χ1v) is 10.9. The van der Waals surface area contributed by atoms with E-state index in [0.717, 1.165) is 29.2 Å². The molecule has 1 aliphatic heterocycles. The van der Waals surface area contributed by atoms with E-state index in [-0.39, 0.29) is 11.8 Å². The fourth-order valence-corrected chi connectivity index (χ4v) is 4.25. The van der Waals surface area contributed by atoms with Crippen molar-refractivity contribution in [3.05, 3.63) is 52.1 Å². The van der Waals surface area contributed by atoms with E-state index in [1.165, 1.54) is 17.9 Å². The highest BCUT2D eigenvalue weighted by Gasteiger charge is 2.36. The Bertz CT molecular complexity index is 958. The number of carbonyl (C=O) groups is 2. The molecule has 3 rings (SSSR count). The molecule has 5 nitrogen and oxygen atoms in total. The predicted molar refractivity (Wildman–Crippen MR) is 118 cm³/mol. The zero-order chi connectivity index (χ0) is 23.6. The van der Waals surface area contributed by atoms with Gasteiger partial charge in [-0.15, -0.1) is 0 Å². The second kappa shape index (κ2) is 9.57. The van der Waals surface area contributed by atoms with Crippen LogP contribution in [-0.2, 0) is 11.0 Å². The summed E-state index contributed by atoms with van der Waals surface area (Å²) in [6.45, 7) is 4.40. The number of anilines is 1. The number of urea groups is 1. The molecule has 1 unspecified atom stereocenters. The van der Waals surface area contributed by atoms with Crippen LogP contribution in [0.1, 0.15) is 37.3 Å². The molecule has 174 valence electrons. The van der Waals surface area contributed by atoms with Crippen LogP contribution >= 0.6 is 11.6 Å². The minimum Gasteiger partial charge on any atom is -0.340 e. The van der Waals surface area contributed by atoms with E-state index in [4.69, 9.17) is 11.6 Å². The second-order valence-corrected chi connectivity index (χ2v) is 8.92. The van der Waals surface area contributed by atoms with Gasteiger partial charge in [-0.25, -0.2) is 4.79 Å². The van der Waals surface area contributed by atoms with Crippen LogP contribution < -0.4 is 5.32 Å². The van der Waals surface area contributed by atoms with Crippen LogP contribution in [-0.4, -0.2) is 47.9 Å². The molecular formula is C23H27ClF3N3O2. The molecule has 2 aliphatic rings. The number of carbonyl (C=O) groups excluding carboxylic acids is 2. The number of aryl methyl sites for hydroxylation is 1. The van der Waals surface area contributed by atoms with Gasteiger partial charge in [0.1, 0.15) is 6.04 Å². The van der Waals surface area contributed by atoms with Crippen LogP contribution in [0.15, 0.2) is 41.0 Å². The van der Waals surface area contributed by atoms with Gasteiger partial charge < -0.3 is 15.1 Å². The summed E-state index contributed by atoms with van der Waals surface area (Å²) >= 11 is 6.13. The van der Waals surface area contributed by atoms with E-state index >= 15 is 0 Å². The molecular weight excluding hydrogens is 443 g/mol. The summed E-state index contributed by atoms with van der Waals surface area (Å²) in [4.78, 5) is 29.0. The Balaban J connectivity index is 1.65. The van der Waals surface area contributed by atoms with Gasteiger partial charge in [0.05, 0.1) is 5.56 Å². The Morgan fingerprint density at radius 2 is 2.00 bits per heavy atom. The Hall–Kier alpha value is -2.48. The van der Waals surface area contributed by atoms with Crippen molar-refractivity contribution < 1.29 is 22.8 Å². The molecule has 0 spiro atoms. The molecule has 0 aromatic heterocycles. The van der Waals surface area contributed by atoms with Gasteiger partial charge in [0.2, 0.25) is 5.91 Å². The van der Waals surface area contributed by atoms with Crippen LogP contribution in [0.5, 0.6) is 0 Å². The molecule has 1 aromatic rings. The lowest BCUT2D eigenvalue weighted by Gasteiger charge is -2.29. The summed E-state index contributed by atoms with van der Waals surface area (Å²) < 4.78 is 38.6. The fourth-order valence-electron chi connectivity index (χ4n) is 4.11. The zero-order valence-electron chi connectivity index (χ0n) is 18.3. The van der Waals surface area contributed by atoms with Crippen molar-refractivity contribution in [1.82, 2.24) is 9.80 Å². The number of rotatable bonds is 4. The van der Waals surface area contributed by atoms with E-state index < -0.39 is 23.8 Å². The molecule has 32 heavy (non-hydrogen) atoms. The molecule has 1 fully saturated rings. The second-order valence-electron chi connectivity index (χ2n) is 8.48. The highest BCUT2D eigenvalue weighted by molar-refractivity contribution is 6.30. The summed E-state index contributed by atoms with van der Waals surface area (Å²) in [5.74, 6) is 0.0527. The van der Waals surface area contributed by atoms with Crippen LogP contribution in [0, 0.1) is 12.8 Å². The Kier molecular flexibility index (Phi) is 7.22. The average Bonchev–Trinajstić information content (AvgIpc) is 3.20. The van der Waals surface area contributed by atoms with Gasteiger partial charge in [0.25, 0.3) is 0 Å². The molecule has 9 heteroatoms. The number of halogens is 4. The molecule has 0 saturated carbocycles. The quantitative estimate of drug-likeness (QED) is 0.628. The number of likely N-dealkylation sites (N-methyl/N-ethyl adjacent to an activating group) is 1. The number of allylic oxidation sites excluding steroid dienone is 3. The Labute approximate surface area is 190 Å².